The maximum atomic E-state index is 15.6. The number of amides is 3. The highest BCUT2D eigenvalue weighted by Gasteiger charge is 2.50. The number of hydrogen-bond donors (Lipinski definition) is 0. The summed E-state index contributed by atoms with van der Waals surface area (Å²) in [5, 5.41) is 19.9. The minimum Gasteiger partial charge on any atom is -0.496 e. The quantitative estimate of drug-likeness (QED) is 0.0290. The van der Waals surface area contributed by atoms with E-state index in [9.17, 15) is 47.4 Å². The van der Waals surface area contributed by atoms with Gasteiger partial charge in [0, 0.05) is 31.2 Å². The summed E-state index contributed by atoms with van der Waals surface area (Å²) in [7, 11) is 1.57. The summed E-state index contributed by atoms with van der Waals surface area (Å²) in [5.41, 5.74) is 2.70. The Bertz CT molecular complexity index is 2990. The van der Waals surface area contributed by atoms with Crippen molar-refractivity contribution in [1.82, 2.24) is 14.7 Å². The van der Waals surface area contributed by atoms with Crippen molar-refractivity contribution in [3.8, 4) is 28.7 Å². The van der Waals surface area contributed by atoms with Crippen LogP contribution in [0.1, 0.15) is 65.5 Å². The van der Waals surface area contributed by atoms with E-state index in [0.717, 1.165) is 23.3 Å². The van der Waals surface area contributed by atoms with Crippen LogP contribution >= 0.6 is 0 Å². The molecule has 2 aliphatic heterocycles. The van der Waals surface area contributed by atoms with Gasteiger partial charge in [-0.3, -0.25) is 9.69 Å². The van der Waals surface area contributed by atoms with E-state index in [0.29, 0.717) is 65.5 Å². The van der Waals surface area contributed by atoms with E-state index in [2.05, 4.69) is 9.68 Å². The lowest BCUT2D eigenvalue weighted by Gasteiger charge is -2.50. The van der Waals surface area contributed by atoms with Gasteiger partial charge in [-0.1, -0.05) is 48.5 Å². The van der Waals surface area contributed by atoms with Crippen molar-refractivity contribution >= 4 is 23.7 Å². The van der Waals surface area contributed by atoms with Crippen LogP contribution in [0.4, 0.5) is 27.2 Å². The fraction of sp³-hybridized carbons (Fsp3) is 0.340. The van der Waals surface area contributed by atoms with E-state index in [1.807, 2.05) is 25.1 Å². The number of carbonyl (C=O) groups excluding carboxylic acids is 3. The Kier molecular flexibility index (Phi) is 16.7. The summed E-state index contributed by atoms with van der Waals surface area (Å²) in [5.74, 6) is -0.573. The van der Waals surface area contributed by atoms with Crippen LogP contribution in [0, 0.1) is 33.0 Å². The first-order valence-corrected chi connectivity index (χ1v) is 24.0. The van der Waals surface area contributed by atoms with Crippen LogP contribution in [0.3, 0.4) is 0 Å². The number of nitrogens with zero attached hydrogens (tertiary/aromatic N) is 5. The van der Waals surface area contributed by atoms with Crippen LogP contribution in [0.15, 0.2) is 115 Å². The van der Waals surface area contributed by atoms with Gasteiger partial charge in [0.25, 0.3) is 16.1 Å². The molecular weight excluding hydrogens is 1010 g/mol. The molecule has 2 unspecified atom stereocenters. The molecule has 8 rings (SSSR count). The maximum Gasteiger partial charge on any atom is 0.416 e. The number of hydrogen-bond acceptors (Lipinski definition) is 14. The van der Waals surface area contributed by atoms with Gasteiger partial charge in [-0.15, -0.1) is 20.2 Å². The van der Waals surface area contributed by atoms with Crippen LogP contribution in [0.25, 0.3) is 5.57 Å². The van der Waals surface area contributed by atoms with E-state index in [4.69, 9.17) is 23.7 Å². The third-order valence-corrected chi connectivity index (χ3v) is 12.8. The van der Waals surface area contributed by atoms with Gasteiger partial charge >= 0.3 is 18.4 Å². The fourth-order valence-corrected chi connectivity index (χ4v) is 9.12. The number of fused-ring (bicyclic) bond motifs is 2. The first kappa shape index (κ1) is 53.7. The van der Waals surface area contributed by atoms with Crippen molar-refractivity contribution in [3.05, 3.63) is 174 Å². The molecule has 19 nitrogen and oxygen atoms in total. The zero-order valence-corrected chi connectivity index (χ0v) is 41.1. The Morgan fingerprint density at radius 3 is 1.92 bits per heavy atom. The van der Waals surface area contributed by atoms with E-state index in [-0.39, 0.29) is 68.1 Å². The third-order valence-electron chi connectivity index (χ3n) is 12.8. The summed E-state index contributed by atoms with van der Waals surface area (Å²) in [4.78, 5) is 79.9. The van der Waals surface area contributed by atoms with Crippen molar-refractivity contribution in [2.45, 2.75) is 83.1 Å². The molecule has 1 aliphatic carbocycles. The average molecular weight is 1060 g/mol. The Labute approximate surface area is 432 Å². The molecule has 5 aromatic rings. The molecule has 1 saturated carbocycles. The SMILES string of the molecule is COc1ccc(CN(C(=O)C2=C(c3ccc(OCCCCOc4ccc(C(F)(F)F)cc4F)cc3)CC3CN(C(=O)Oc4cccc(CO[N+](=O)[O-])c4)CC2N3C(=O)Oc2cccc(CO[N+](=O)[O-])c2)C2CC2)cc1C. The molecule has 2 atom stereocenters. The minimum absolute atomic E-state index is 0.0213. The first-order chi connectivity index (χ1) is 36.4. The van der Waals surface area contributed by atoms with Crippen LogP contribution in [-0.4, -0.2) is 94.5 Å². The number of benzene rings is 5. The molecule has 3 aliphatic rings. The highest BCUT2D eigenvalue weighted by atomic mass is 19.4. The van der Waals surface area contributed by atoms with Gasteiger partial charge < -0.3 is 43.2 Å². The van der Waals surface area contributed by atoms with Crippen LogP contribution < -0.4 is 23.7 Å². The van der Waals surface area contributed by atoms with Gasteiger partial charge in [0.15, 0.2) is 11.6 Å². The summed E-state index contributed by atoms with van der Waals surface area (Å²) in [6, 6.07) is 24.6. The lowest BCUT2D eigenvalue weighted by Crippen LogP contribution is -2.66. The van der Waals surface area contributed by atoms with Crippen molar-refractivity contribution in [2.24, 2.45) is 0 Å². The molecule has 400 valence electrons. The number of ether oxygens (including phenoxy) is 5. The zero-order chi connectivity index (χ0) is 54.1. The van der Waals surface area contributed by atoms with E-state index in [1.165, 1.54) is 46.2 Å². The first-order valence-electron chi connectivity index (χ1n) is 24.0. The second-order valence-corrected chi connectivity index (χ2v) is 18.1. The molecule has 23 heteroatoms. The fourth-order valence-electron chi connectivity index (χ4n) is 9.12. The minimum atomic E-state index is -4.69. The number of carbonyl (C=O) groups is 3. The Balaban J connectivity index is 1.09. The second kappa shape index (κ2) is 23.7. The van der Waals surface area contributed by atoms with Gasteiger partial charge in [0.2, 0.25) is 0 Å². The van der Waals surface area contributed by atoms with Crippen molar-refractivity contribution in [3.63, 3.8) is 0 Å². The Morgan fingerprint density at radius 1 is 0.724 bits per heavy atom. The molecule has 0 aromatic heterocycles. The van der Waals surface area contributed by atoms with Gasteiger partial charge in [0.1, 0.15) is 36.2 Å². The zero-order valence-electron chi connectivity index (χ0n) is 41.1. The smallest absolute Gasteiger partial charge is 0.416 e. The molecule has 2 bridgehead atoms. The molecule has 2 fully saturated rings. The summed E-state index contributed by atoms with van der Waals surface area (Å²) in [6.07, 6.45) is -4.06. The topological polar surface area (TPSA) is 212 Å². The molecule has 5 aromatic carbocycles. The molecular formula is C53H51F4N5O14. The van der Waals surface area contributed by atoms with Crippen molar-refractivity contribution in [2.75, 3.05) is 33.4 Å². The number of rotatable bonds is 21. The summed E-state index contributed by atoms with van der Waals surface area (Å²) >= 11 is 0. The monoisotopic (exact) mass is 1060 g/mol. The van der Waals surface area contributed by atoms with E-state index < -0.39 is 71.1 Å². The van der Waals surface area contributed by atoms with E-state index >= 15 is 4.79 Å². The standard InChI is InChI=1S/C53H51F4N5O14/c1-33-23-34(11-19-47(33)70-2)28-59(39-15-16-39)50(63)49-44(37-12-17-41(18-13-37)71-21-3-4-22-72-48-20-14-38(26-45(48)54)53(55,56)57)27-40-29-58(51(64)75-42-9-5-7-35(24-42)31-73-61(66)67)30-46(49)60(40)52(65)76-43-10-6-8-36(25-43)32-74-62(68)69/h5-14,17-20,23-26,39-40,46H,3-4,15-16,21-22,27-32H2,1-2H3. The molecule has 0 radical (unpaired) electrons. The molecule has 0 N–H and O–H groups in total. The predicted molar refractivity (Wildman–Crippen MR) is 260 cm³/mol. The van der Waals surface area contributed by atoms with Gasteiger partial charge in [-0.05, 0) is 133 Å². The van der Waals surface area contributed by atoms with Crippen LogP contribution in [-0.2, 0) is 40.4 Å². The molecule has 0 spiro atoms. The Hall–Kier alpha value is -8.63. The van der Waals surface area contributed by atoms with Gasteiger partial charge in [0.05, 0.1) is 38.0 Å². The normalized spacial score (nSPS) is 16.1. The van der Waals surface area contributed by atoms with E-state index in [1.54, 1.807) is 48.4 Å². The third kappa shape index (κ3) is 13.6. The number of piperazine rings is 1. The lowest BCUT2D eigenvalue weighted by atomic mass is 9.81. The average Bonchev–Trinajstić information content (AvgIpc) is 4.24. The van der Waals surface area contributed by atoms with Gasteiger partial charge in [-0.25, -0.2) is 14.0 Å². The number of aryl methyl sites for hydroxylation is 1. The maximum absolute atomic E-state index is 15.6. The number of alkyl halides is 3. The largest absolute Gasteiger partial charge is 0.496 e. The summed E-state index contributed by atoms with van der Waals surface area (Å²) in [6.45, 7) is 1.17. The second-order valence-electron chi connectivity index (χ2n) is 18.1. The van der Waals surface area contributed by atoms with Crippen LogP contribution in [0.5, 0.6) is 28.7 Å². The number of methoxy groups -OCH3 is 1. The Morgan fingerprint density at radius 2 is 1.34 bits per heavy atom. The van der Waals surface area contributed by atoms with Gasteiger partial charge in [-0.2, -0.15) is 13.2 Å². The number of unbranched alkanes of at least 4 members (excludes halogenated alkanes) is 1. The number of halogens is 4. The molecule has 1 saturated heterocycles. The van der Waals surface area contributed by atoms with Crippen LogP contribution in [0.2, 0.25) is 0 Å². The van der Waals surface area contributed by atoms with Crippen molar-refractivity contribution in [1.29, 1.82) is 0 Å². The molecule has 2 heterocycles. The highest BCUT2D eigenvalue weighted by Crippen LogP contribution is 2.42. The summed E-state index contributed by atoms with van der Waals surface area (Å²) < 4.78 is 81.8. The molecule has 76 heavy (non-hydrogen) atoms. The predicted octanol–water partition coefficient (Wildman–Crippen LogP) is 9.92. The highest BCUT2D eigenvalue weighted by molar-refractivity contribution is 6.04. The molecule has 3 amide bonds. The van der Waals surface area contributed by atoms with Crippen molar-refractivity contribution < 1.29 is 75.5 Å². The lowest BCUT2D eigenvalue weighted by molar-refractivity contribution is -0.763.